The van der Waals surface area contributed by atoms with Gasteiger partial charge in [-0.15, -0.1) is 6.58 Å². The Balaban J connectivity index is 1.52. The van der Waals surface area contributed by atoms with Crippen LogP contribution in [0.25, 0.3) is 0 Å². The molecule has 0 radical (unpaired) electrons. The fourth-order valence-corrected chi connectivity index (χ4v) is 3.37. The SMILES string of the molecule is C=CC1CN2CCC1CC2CNC(=O)C1CC1. The molecular weight excluding hydrogens is 212 g/mol. The van der Waals surface area contributed by atoms with E-state index in [1.165, 1.54) is 19.4 Å². The summed E-state index contributed by atoms with van der Waals surface area (Å²) in [5, 5.41) is 3.13. The quantitative estimate of drug-likeness (QED) is 0.746. The Morgan fingerprint density at radius 3 is 2.82 bits per heavy atom. The Kier molecular flexibility index (Phi) is 2.95. The number of nitrogens with zero attached hydrogens (tertiary/aromatic N) is 1. The van der Waals surface area contributed by atoms with Crippen molar-refractivity contribution in [2.75, 3.05) is 19.6 Å². The zero-order valence-corrected chi connectivity index (χ0v) is 10.4. The largest absolute Gasteiger partial charge is 0.354 e. The van der Waals surface area contributed by atoms with Crippen LogP contribution in [0, 0.1) is 17.8 Å². The molecule has 3 saturated heterocycles. The van der Waals surface area contributed by atoms with Gasteiger partial charge in [-0.1, -0.05) is 6.08 Å². The lowest BCUT2D eigenvalue weighted by atomic mass is 9.75. The summed E-state index contributed by atoms with van der Waals surface area (Å²) < 4.78 is 0. The van der Waals surface area contributed by atoms with Gasteiger partial charge in [0.15, 0.2) is 0 Å². The molecule has 1 amide bonds. The Bertz CT molecular complexity index is 324. The third kappa shape index (κ3) is 2.25. The van der Waals surface area contributed by atoms with Crippen molar-refractivity contribution < 1.29 is 4.79 Å². The van der Waals surface area contributed by atoms with Crippen LogP contribution >= 0.6 is 0 Å². The van der Waals surface area contributed by atoms with Crippen LogP contribution in [0.1, 0.15) is 25.7 Å². The van der Waals surface area contributed by atoms with Crippen LogP contribution in [0.5, 0.6) is 0 Å². The van der Waals surface area contributed by atoms with E-state index < -0.39 is 0 Å². The van der Waals surface area contributed by atoms with Gasteiger partial charge >= 0.3 is 0 Å². The molecule has 17 heavy (non-hydrogen) atoms. The number of piperidine rings is 3. The molecule has 94 valence electrons. The minimum atomic E-state index is 0.285. The highest BCUT2D eigenvalue weighted by atomic mass is 16.2. The van der Waals surface area contributed by atoms with Crippen molar-refractivity contribution in [2.45, 2.75) is 31.7 Å². The van der Waals surface area contributed by atoms with Crippen molar-refractivity contribution in [1.82, 2.24) is 10.2 Å². The number of nitrogens with one attached hydrogen (secondary N) is 1. The van der Waals surface area contributed by atoms with Crippen LogP contribution in [0.4, 0.5) is 0 Å². The Morgan fingerprint density at radius 2 is 2.24 bits per heavy atom. The molecule has 4 fully saturated rings. The molecule has 3 heteroatoms. The number of fused-ring (bicyclic) bond motifs is 3. The lowest BCUT2D eigenvalue weighted by Gasteiger charge is -2.49. The molecule has 3 nitrogen and oxygen atoms in total. The molecule has 1 saturated carbocycles. The van der Waals surface area contributed by atoms with Crippen LogP contribution in [-0.4, -0.2) is 36.5 Å². The predicted molar refractivity (Wildman–Crippen MR) is 67.5 cm³/mol. The first-order valence-corrected chi connectivity index (χ1v) is 6.92. The number of hydrogen-bond donors (Lipinski definition) is 1. The number of carbonyl (C=O) groups excluding carboxylic acids is 1. The monoisotopic (exact) mass is 234 g/mol. The second-order valence-electron chi connectivity index (χ2n) is 5.85. The summed E-state index contributed by atoms with van der Waals surface area (Å²) in [6.45, 7) is 7.15. The third-order valence-electron chi connectivity index (χ3n) is 4.69. The zero-order chi connectivity index (χ0) is 11.8. The Labute approximate surface area is 103 Å². The molecule has 1 aliphatic carbocycles. The molecule has 4 unspecified atom stereocenters. The normalized spacial score (nSPS) is 40.0. The van der Waals surface area contributed by atoms with Crippen LogP contribution < -0.4 is 5.32 Å². The molecule has 0 aromatic rings. The van der Waals surface area contributed by atoms with E-state index in [0.29, 0.717) is 17.9 Å². The molecule has 3 heterocycles. The molecule has 0 aromatic carbocycles. The molecule has 0 spiro atoms. The second-order valence-corrected chi connectivity index (χ2v) is 5.85. The Morgan fingerprint density at radius 1 is 1.41 bits per heavy atom. The predicted octanol–water partition coefficient (Wildman–Crippen LogP) is 1.41. The van der Waals surface area contributed by atoms with Gasteiger partial charge < -0.3 is 5.32 Å². The average molecular weight is 234 g/mol. The number of rotatable bonds is 4. The van der Waals surface area contributed by atoms with E-state index in [2.05, 4.69) is 22.9 Å². The molecule has 0 aromatic heterocycles. The first kappa shape index (κ1) is 11.3. The van der Waals surface area contributed by atoms with E-state index in [9.17, 15) is 4.79 Å². The molecule has 4 atom stereocenters. The van der Waals surface area contributed by atoms with Crippen LogP contribution in [0.2, 0.25) is 0 Å². The highest BCUT2D eigenvalue weighted by Gasteiger charge is 2.39. The minimum Gasteiger partial charge on any atom is -0.354 e. The van der Waals surface area contributed by atoms with Gasteiger partial charge in [-0.2, -0.15) is 0 Å². The van der Waals surface area contributed by atoms with Crippen LogP contribution in [0.15, 0.2) is 12.7 Å². The van der Waals surface area contributed by atoms with Crippen molar-refractivity contribution in [1.29, 1.82) is 0 Å². The molecule has 1 N–H and O–H groups in total. The summed E-state index contributed by atoms with van der Waals surface area (Å²) >= 11 is 0. The third-order valence-corrected chi connectivity index (χ3v) is 4.69. The zero-order valence-electron chi connectivity index (χ0n) is 10.4. The molecule has 2 bridgehead atoms. The van der Waals surface area contributed by atoms with Gasteiger partial charge in [-0.25, -0.2) is 0 Å². The lowest BCUT2D eigenvalue weighted by Crippen LogP contribution is -2.56. The second kappa shape index (κ2) is 4.45. The van der Waals surface area contributed by atoms with E-state index >= 15 is 0 Å². The number of hydrogen-bond acceptors (Lipinski definition) is 2. The van der Waals surface area contributed by atoms with Crippen molar-refractivity contribution in [3.05, 3.63) is 12.7 Å². The summed E-state index contributed by atoms with van der Waals surface area (Å²) in [6.07, 6.45) is 6.87. The maximum atomic E-state index is 11.6. The fourth-order valence-electron chi connectivity index (χ4n) is 3.37. The van der Waals surface area contributed by atoms with Crippen LogP contribution in [-0.2, 0) is 4.79 Å². The highest BCUT2D eigenvalue weighted by molar-refractivity contribution is 5.80. The van der Waals surface area contributed by atoms with Gasteiger partial charge in [0.2, 0.25) is 5.91 Å². The lowest BCUT2D eigenvalue weighted by molar-refractivity contribution is -0.122. The van der Waals surface area contributed by atoms with E-state index in [1.807, 2.05) is 0 Å². The number of carbonyl (C=O) groups is 1. The standard InChI is InChI=1S/C14H22N2O/c1-2-10-9-16-6-5-12(10)7-13(16)8-15-14(17)11-3-4-11/h2,10-13H,1,3-9H2,(H,15,17). The van der Waals surface area contributed by atoms with E-state index in [4.69, 9.17) is 0 Å². The molecule has 3 aliphatic heterocycles. The number of amides is 1. The van der Waals surface area contributed by atoms with Crippen LogP contribution in [0.3, 0.4) is 0 Å². The summed E-state index contributed by atoms with van der Waals surface area (Å²) in [6, 6.07) is 0.577. The van der Waals surface area contributed by atoms with Crippen molar-refractivity contribution in [2.24, 2.45) is 17.8 Å². The highest BCUT2D eigenvalue weighted by Crippen LogP contribution is 2.36. The molecule has 4 rings (SSSR count). The fraction of sp³-hybridized carbons (Fsp3) is 0.786. The van der Waals surface area contributed by atoms with Crippen molar-refractivity contribution in [3.8, 4) is 0 Å². The Hall–Kier alpha value is -0.830. The summed E-state index contributed by atoms with van der Waals surface area (Å²) in [4.78, 5) is 14.2. The average Bonchev–Trinajstić information content (AvgIpc) is 3.20. The van der Waals surface area contributed by atoms with E-state index in [0.717, 1.165) is 31.8 Å². The topological polar surface area (TPSA) is 32.3 Å². The van der Waals surface area contributed by atoms with Gasteiger partial charge in [0, 0.05) is 25.0 Å². The molecular formula is C14H22N2O. The molecule has 4 aliphatic rings. The van der Waals surface area contributed by atoms with E-state index in [-0.39, 0.29) is 5.91 Å². The maximum Gasteiger partial charge on any atom is 0.223 e. The first-order chi connectivity index (χ1) is 8.28. The summed E-state index contributed by atoms with van der Waals surface area (Å²) in [5.74, 6) is 2.11. The van der Waals surface area contributed by atoms with Crippen molar-refractivity contribution in [3.63, 3.8) is 0 Å². The van der Waals surface area contributed by atoms with Gasteiger partial charge in [0.1, 0.15) is 0 Å². The van der Waals surface area contributed by atoms with E-state index in [1.54, 1.807) is 0 Å². The van der Waals surface area contributed by atoms with Gasteiger partial charge in [0.05, 0.1) is 0 Å². The van der Waals surface area contributed by atoms with Gasteiger partial charge in [0.25, 0.3) is 0 Å². The van der Waals surface area contributed by atoms with Gasteiger partial charge in [-0.05, 0) is 44.1 Å². The van der Waals surface area contributed by atoms with Crippen molar-refractivity contribution >= 4 is 5.91 Å². The maximum absolute atomic E-state index is 11.6. The smallest absolute Gasteiger partial charge is 0.223 e. The van der Waals surface area contributed by atoms with Gasteiger partial charge in [-0.3, -0.25) is 9.69 Å². The first-order valence-electron chi connectivity index (χ1n) is 6.92. The summed E-state index contributed by atoms with van der Waals surface area (Å²) in [7, 11) is 0. The summed E-state index contributed by atoms with van der Waals surface area (Å²) in [5.41, 5.74) is 0. The minimum absolute atomic E-state index is 0.285.